The van der Waals surface area contributed by atoms with Crippen molar-refractivity contribution >= 4 is 11.9 Å². The van der Waals surface area contributed by atoms with E-state index in [2.05, 4.69) is 17.1 Å². The lowest BCUT2D eigenvalue weighted by Crippen LogP contribution is -2.37. The van der Waals surface area contributed by atoms with Crippen LogP contribution in [-0.4, -0.2) is 47.6 Å². The Morgan fingerprint density at radius 3 is 2.42 bits per heavy atom. The zero-order chi connectivity index (χ0) is 14.5. The number of hydrogen-bond acceptors (Lipinski definition) is 3. The number of carboxylic acid groups (broad SMARTS) is 1. The van der Waals surface area contributed by atoms with E-state index in [1.807, 2.05) is 13.8 Å². The molecule has 1 fully saturated rings. The number of carbonyl (C=O) groups excluding carboxylic acids is 1. The Bertz CT molecular complexity index is 325. The maximum atomic E-state index is 11.8. The molecule has 0 saturated heterocycles. The van der Waals surface area contributed by atoms with Gasteiger partial charge in [0.2, 0.25) is 5.91 Å². The van der Waals surface area contributed by atoms with E-state index in [0.717, 1.165) is 13.1 Å². The number of likely N-dealkylation sites (N-methyl/N-ethyl adjacent to an activating group) is 1. The van der Waals surface area contributed by atoms with E-state index in [0.29, 0.717) is 12.6 Å². The van der Waals surface area contributed by atoms with Gasteiger partial charge in [0.1, 0.15) is 0 Å². The minimum atomic E-state index is -0.858. The average Bonchev–Trinajstić information content (AvgIpc) is 3.05. The van der Waals surface area contributed by atoms with Crippen molar-refractivity contribution in [1.29, 1.82) is 0 Å². The highest BCUT2D eigenvalue weighted by atomic mass is 16.4. The molecule has 1 amide bonds. The van der Waals surface area contributed by atoms with E-state index in [1.165, 1.54) is 12.8 Å². The molecule has 2 N–H and O–H groups in total. The smallest absolute Gasteiger partial charge is 0.303 e. The molecule has 1 rings (SSSR count). The number of carbonyl (C=O) groups is 2. The molecule has 0 aromatic carbocycles. The van der Waals surface area contributed by atoms with Gasteiger partial charge in [0.15, 0.2) is 0 Å². The molecule has 0 radical (unpaired) electrons. The molecule has 110 valence electrons. The zero-order valence-electron chi connectivity index (χ0n) is 12.2. The predicted octanol–water partition coefficient (Wildman–Crippen LogP) is 1.48. The third kappa shape index (κ3) is 6.57. The minimum Gasteiger partial charge on any atom is -0.481 e. The summed E-state index contributed by atoms with van der Waals surface area (Å²) in [5.41, 5.74) is -0.489. The molecule has 1 aliphatic carbocycles. The molecule has 0 atom stereocenters. The van der Waals surface area contributed by atoms with Crippen LogP contribution in [0.15, 0.2) is 0 Å². The van der Waals surface area contributed by atoms with Crippen molar-refractivity contribution in [3.05, 3.63) is 0 Å². The molecular formula is C14H26N2O3. The summed E-state index contributed by atoms with van der Waals surface area (Å²) < 4.78 is 0. The maximum Gasteiger partial charge on any atom is 0.303 e. The summed E-state index contributed by atoms with van der Waals surface area (Å²) in [4.78, 5) is 24.8. The van der Waals surface area contributed by atoms with Crippen LogP contribution < -0.4 is 5.32 Å². The first kappa shape index (κ1) is 16.0. The number of carboxylic acids is 1. The third-order valence-corrected chi connectivity index (χ3v) is 3.46. The topological polar surface area (TPSA) is 69.6 Å². The molecule has 0 spiro atoms. The molecule has 5 nitrogen and oxygen atoms in total. The number of hydrogen-bond donors (Lipinski definition) is 2. The van der Waals surface area contributed by atoms with Gasteiger partial charge in [-0.05, 0) is 24.8 Å². The average molecular weight is 270 g/mol. The van der Waals surface area contributed by atoms with Gasteiger partial charge in [0.05, 0.1) is 6.42 Å². The molecule has 0 bridgehead atoms. The number of nitrogens with zero attached hydrogens (tertiary/aromatic N) is 1. The normalized spacial score (nSPS) is 15.6. The first-order valence-corrected chi connectivity index (χ1v) is 7.06. The quantitative estimate of drug-likeness (QED) is 0.666. The SMILES string of the molecule is CCN(CCNC(=O)CC(C)(C)CC(=O)O)C1CC1. The van der Waals surface area contributed by atoms with Gasteiger partial charge < -0.3 is 10.4 Å². The Balaban J connectivity index is 2.21. The fourth-order valence-corrected chi connectivity index (χ4v) is 2.35. The zero-order valence-corrected chi connectivity index (χ0v) is 12.2. The van der Waals surface area contributed by atoms with Crippen LogP contribution in [0.4, 0.5) is 0 Å². The highest BCUT2D eigenvalue weighted by molar-refractivity contribution is 5.77. The van der Waals surface area contributed by atoms with E-state index in [1.54, 1.807) is 0 Å². The van der Waals surface area contributed by atoms with Crippen LogP contribution >= 0.6 is 0 Å². The van der Waals surface area contributed by atoms with Gasteiger partial charge in [-0.25, -0.2) is 0 Å². The van der Waals surface area contributed by atoms with Gasteiger partial charge in [-0.2, -0.15) is 0 Å². The predicted molar refractivity (Wildman–Crippen MR) is 73.9 cm³/mol. The van der Waals surface area contributed by atoms with Gasteiger partial charge in [-0.1, -0.05) is 20.8 Å². The second-order valence-electron chi connectivity index (χ2n) is 6.12. The highest BCUT2D eigenvalue weighted by Gasteiger charge is 2.28. The van der Waals surface area contributed by atoms with E-state index in [-0.39, 0.29) is 18.7 Å². The number of amides is 1. The summed E-state index contributed by atoms with van der Waals surface area (Å²) in [5.74, 6) is -0.915. The molecule has 1 saturated carbocycles. The molecule has 0 unspecified atom stereocenters. The number of aliphatic carboxylic acids is 1. The molecule has 0 aliphatic heterocycles. The van der Waals surface area contributed by atoms with E-state index < -0.39 is 11.4 Å². The summed E-state index contributed by atoms with van der Waals surface area (Å²) in [6, 6.07) is 0.713. The summed E-state index contributed by atoms with van der Waals surface area (Å²) in [5, 5.41) is 11.7. The summed E-state index contributed by atoms with van der Waals surface area (Å²) in [7, 11) is 0. The maximum absolute atomic E-state index is 11.8. The molecule has 0 heterocycles. The third-order valence-electron chi connectivity index (χ3n) is 3.46. The second-order valence-corrected chi connectivity index (χ2v) is 6.12. The fourth-order valence-electron chi connectivity index (χ4n) is 2.35. The molecule has 5 heteroatoms. The van der Waals surface area contributed by atoms with Gasteiger partial charge >= 0.3 is 5.97 Å². The van der Waals surface area contributed by atoms with Crippen LogP contribution in [0.1, 0.15) is 46.5 Å². The van der Waals surface area contributed by atoms with Crippen molar-refractivity contribution in [3.63, 3.8) is 0 Å². The Morgan fingerprint density at radius 1 is 1.32 bits per heavy atom. The lowest BCUT2D eigenvalue weighted by molar-refractivity contribution is -0.139. The summed E-state index contributed by atoms with van der Waals surface area (Å²) in [6.07, 6.45) is 2.82. The first-order chi connectivity index (χ1) is 8.84. The molecule has 1 aliphatic rings. The van der Waals surface area contributed by atoms with E-state index in [9.17, 15) is 9.59 Å². The van der Waals surface area contributed by atoms with Crippen LogP contribution in [0.25, 0.3) is 0 Å². The molecule has 0 aromatic heterocycles. The van der Waals surface area contributed by atoms with E-state index in [4.69, 9.17) is 5.11 Å². The lowest BCUT2D eigenvalue weighted by atomic mass is 9.85. The van der Waals surface area contributed by atoms with Crippen molar-refractivity contribution in [3.8, 4) is 0 Å². The van der Waals surface area contributed by atoms with Crippen molar-refractivity contribution < 1.29 is 14.7 Å². The van der Waals surface area contributed by atoms with Crippen molar-refractivity contribution in [2.45, 2.75) is 52.5 Å². The van der Waals surface area contributed by atoms with Gasteiger partial charge in [-0.3, -0.25) is 14.5 Å². The Morgan fingerprint density at radius 2 is 1.95 bits per heavy atom. The molecule has 0 aromatic rings. The molecular weight excluding hydrogens is 244 g/mol. The summed E-state index contributed by atoms with van der Waals surface area (Å²) in [6.45, 7) is 8.30. The lowest BCUT2D eigenvalue weighted by Gasteiger charge is -2.23. The van der Waals surface area contributed by atoms with E-state index >= 15 is 0 Å². The van der Waals surface area contributed by atoms with Crippen molar-refractivity contribution in [2.75, 3.05) is 19.6 Å². The molecule has 19 heavy (non-hydrogen) atoms. The van der Waals surface area contributed by atoms with Crippen molar-refractivity contribution in [1.82, 2.24) is 10.2 Å². The summed E-state index contributed by atoms with van der Waals surface area (Å²) >= 11 is 0. The first-order valence-electron chi connectivity index (χ1n) is 7.06. The Kier molecular flexibility index (Phi) is 5.79. The fraction of sp³-hybridized carbons (Fsp3) is 0.857. The second kappa shape index (κ2) is 6.89. The van der Waals surface area contributed by atoms with Gasteiger partial charge in [0, 0.05) is 25.6 Å². The standard InChI is InChI=1S/C14H26N2O3/c1-4-16(11-5-6-11)8-7-15-12(17)9-14(2,3)10-13(18)19/h11H,4-10H2,1-3H3,(H,15,17)(H,18,19). The minimum absolute atomic E-state index is 0.0174. The van der Waals surface area contributed by atoms with Crippen LogP contribution in [0.3, 0.4) is 0 Å². The number of nitrogens with one attached hydrogen (secondary N) is 1. The Hall–Kier alpha value is -1.10. The van der Waals surface area contributed by atoms with Gasteiger partial charge in [-0.15, -0.1) is 0 Å². The van der Waals surface area contributed by atoms with Crippen LogP contribution in [-0.2, 0) is 9.59 Å². The monoisotopic (exact) mass is 270 g/mol. The Labute approximate surface area is 115 Å². The van der Waals surface area contributed by atoms with Crippen LogP contribution in [0, 0.1) is 5.41 Å². The van der Waals surface area contributed by atoms with Crippen LogP contribution in [0.2, 0.25) is 0 Å². The largest absolute Gasteiger partial charge is 0.481 e. The van der Waals surface area contributed by atoms with Gasteiger partial charge in [0.25, 0.3) is 0 Å². The van der Waals surface area contributed by atoms with Crippen molar-refractivity contribution in [2.24, 2.45) is 5.41 Å². The highest BCUT2D eigenvalue weighted by Crippen LogP contribution is 2.26. The van der Waals surface area contributed by atoms with Crippen LogP contribution in [0.5, 0.6) is 0 Å². The number of rotatable bonds is 9.